The maximum absolute atomic E-state index is 13.8. The summed E-state index contributed by atoms with van der Waals surface area (Å²) in [4.78, 5) is 3.25. The average molecular weight is 325 g/mol. The van der Waals surface area contributed by atoms with Crippen LogP contribution in [0.2, 0.25) is 0 Å². The molecule has 0 bridgehead atoms. The molecule has 21 heavy (non-hydrogen) atoms. The second-order valence-electron chi connectivity index (χ2n) is 4.30. The Morgan fingerprint density at radius 1 is 1.38 bits per heavy atom. The molecule has 0 radical (unpaired) electrons. The van der Waals surface area contributed by atoms with E-state index in [1.54, 1.807) is 19.1 Å². The van der Waals surface area contributed by atoms with E-state index in [2.05, 4.69) is 9.71 Å². The van der Waals surface area contributed by atoms with E-state index in [4.69, 9.17) is 18.0 Å². The Hall–Kier alpha value is -2.06. The Morgan fingerprint density at radius 2 is 2.10 bits per heavy atom. The Labute approximate surface area is 127 Å². The zero-order chi connectivity index (χ0) is 15.6. The van der Waals surface area contributed by atoms with E-state index in [1.165, 1.54) is 18.3 Å². The third-order valence-corrected chi connectivity index (χ3v) is 4.27. The molecule has 0 unspecified atom stereocenters. The van der Waals surface area contributed by atoms with E-state index in [1.807, 2.05) is 0 Å². The number of anilines is 1. The van der Waals surface area contributed by atoms with Crippen molar-refractivity contribution >= 4 is 33.0 Å². The van der Waals surface area contributed by atoms with E-state index in [0.29, 0.717) is 0 Å². The molecule has 0 amide bonds. The molecule has 0 aliphatic heterocycles. The molecule has 5 nitrogen and oxygen atoms in total. The lowest BCUT2D eigenvalue weighted by Gasteiger charge is -2.12. The van der Waals surface area contributed by atoms with Gasteiger partial charge in [0.1, 0.15) is 21.5 Å². The molecule has 1 aromatic heterocycles. The number of nitrogens with one attached hydrogen (secondary N) is 1. The highest BCUT2D eigenvalue weighted by Gasteiger charge is 2.23. The molecule has 0 spiro atoms. The maximum atomic E-state index is 13.8. The maximum Gasteiger partial charge on any atom is 0.263 e. The summed E-state index contributed by atoms with van der Waals surface area (Å²) in [6.45, 7) is 1.79. The number of hydrogen-bond donors (Lipinski definition) is 2. The summed E-state index contributed by atoms with van der Waals surface area (Å²) >= 11 is 4.72. The van der Waals surface area contributed by atoms with Crippen molar-refractivity contribution in [3.8, 4) is 0 Å². The number of sulfonamides is 1. The summed E-state index contributed by atoms with van der Waals surface area (Å²) in [7, 11) is -4.05. The van der Waals surface area contributed by atoms with Gasteiger partial charge in [-0.05, 0) is 36.8 Å². The standard InChI is InChI=1S/C13H12FN3O2S2/c1-8-5-6-16-11(7-8)17-21(18,19)10-4-2-3-9(14)12(10)13(15)20/h2-7H,1H3,(H2,15,20)(H,16,17). The molecule has 110 valence electrons. The molecule has 1 aromatic carbocycles. The molecular weight excluding hydrogens is 313 g/mol. The van der Waals surface area contributed by atoms with Crippen molar-refractivity contribution in [2.24, 2.45) is 5.73 Å². The van der Waals surface area contributed by atoms with Gasteiger partial charge in [-0.3, -0.25) is 4.72 Å². The van der Waals surface area contributed by atoms with Gasteiger partial charge in [0.25, 0.3) is 10.0 Å². The lowest BCUT2D eigenvalue weighted by Crippen LogP contribution is -2.21. The fourth-order valence-corrected chi connectivity index (χ4v) is 3.25. The van der Waals surface area contributed by atoms with Crippen LogP contribution in [-0.4, -0.2) is 18.4 Å². The van der Waals surface area contributed by atoms with Crippen LogP contribution in [0.1, 0.15) is 11.1 Å². The number of thiocarbonyl (C=S) groups is 1. The van der Waals surface area contributed by atoms with Crippen molar-refractivity contribution in [1.82, 2.24) is 4.98 Å². The smallest absolute Gasteiger partial charge is 0.263 e. The summed E-state index contributed by atoms with van der Waals surface area (Å²) in [5.74, 6) is -0.657. The molecule has 2 aromatic rings. The van der Waals surface area contributed by atoms with Gasteiger partial charge in [-0.2, -0.15) is 0 Å². The molecule has 0 atom stereocenters. The highest BCUT2D eigenvalue weighted by molar-refractivity contribution is 7.93. The average Bonchev–Trinajstić information content (AvgIpc) is 2.37. The first-order valence-electron chi connectivity index (χ1n) is 5.85. The monoisotopic (exact) mass is 325 g/mol. The van der Waals surface area contributed by atoms with Gasteiger partial charge in [-0.15, -0.1) is 0 Å². The minimum Gasteiger partial charge on any atom is -0.389 e. The number of pyridine rings is 1. The molecule has 3 N–H and O–H groups in total. The van der Waals surface area contributed by atoms with E-state index >= 15 is 0 Å². The van der Waals surface area contributed by atoms with Gasteiger partial charge in [-0.1, -0.05) is 18.3 Å². The van der Waals surface area contributed by atoms with Crippen LogP contribution in [-0.2, 0) is 10.0 Å². The predicted molar refractivity (Wildman–Crippen MR) is 82.1 cm³/mol. The van der Waals surface area contributed by atoms with Gasteiger partial charge < -0.3 is 5.73 Å². The van der Waals surface area contributed by atoms with Crippen molar-refractivity contribution < 1.29 is 12.8 Å². The summed E-state index contributed by atoms with van der Waals surface area (Å²) < 4.78 is 40.8. The van der Waals surface area contributed by atoms with Crippen molar-refractivity contribution in [3.05, 3.63) is 53.5 Å². The second-order valence-corrected chi connectivity index (χ2v) is 6.39. The summed E-state index contributed by atoms with van der Waals surface area (Å²) in [6, 6.07) is 6.88. The zero-order valence-corrected chi connectivity index (χ0v) is 12.6. The highest BCUT2D eigenvalue weighted by Crippen LogP contribution is 2.21. The van der Waals surface area contributed by atoms with Crippen LogP contribution in [0, 0.1) is 12.7 Å². The van der Waals surface area contributed by atoms with Crippen LogP contribution in [0.3, 0.4) is 0 Å². The van der Waals surface area contributed by atoms with E-state index < -0.39 is 15.8 Å². The molecule has 2 rings (SSSR count). The van der Waals surface area contributed by atoms with Gasteiger partial charge in [0.2, 0.25) is 0 Å². The number of benzene rings is 1. The first-order valence-corrected chi connectivity index (χ1v) is 7.74. The van der Waals surface area contributed by atoms with Crippen LogP contribution in [0.15, 0.2) is 41.4 Å². The first kappa shape index (κ1) is 15.3. The van der Waals surface area contributed by atoms with Crippen molar-refractivity contribution in [1.29, 1.82) is 0 Å². The van der Waals surface area contributed by atoms with Gasteiger partial charge in [0, 0.05) is 6.20 Å². The normalized spacial score (nSPS) is 11.1. The molecule has 0 aliphatic carbocycles. The summed E-state index contributed by atoms with van der Waals surface area (Å²) in [5, 5.41) is 0. The van der Waals surface area contributed by atoms with E-state index in [0.717, 1.165) is 11.6 Å². The minimum absolute atomic E-state index is 0.133. The van der Waals surface area contributed by atoms with E-state index in [9.17, 15) is 12.8 Å². The van der Waals surface area contributed by atoms with Crippen LogP contribution < -0.4 is 10.5 Å². The first-order chi connectivity index (χ1) is 9.81. The van der Waals surface area contributed by atoms with Crippen molar-refractivity contribution in [2.75, 3.05) is 4.72 Å². The van der Waals surface area contributed by atoms with Crippen LogP contribution in [0.25, 0.3) is 0 Å². The third kappa shape index (κ3) is 3.34. The highest BCUT2D eigenvalue weighted by atomic mass is 32.2. The molecule has 8 heteroatoms. The lowest BCUT2D eigenvalue weighted by atomic mass is 10.2. The fraction of sp³-hybridized carbons (Fsp3) is 0.0769. The van der Waals surface area contributed by atoms with E-state index in [-0.39, 0.29) is 21.3 Å². The number of rotatable bonds is 4. The molecular formula is C13H12FN3O2S2. The Balaban J connectivity index is 2.50. The SMILES string of the molecule is Cc1ccnc(NS(=O)(=O)c2cccc(F)c2C(N)=S)c1. The van der Waals surface area contributed by atoms with Crippen LogP contribution in [0.5, 0.6) is 0 Å². The van der Waals surface area contributed by atoms with Gasteiger partial charge in [0.15, 0.2) is 0 Å². The van der Waals surface area contributed by atoms with Crippen molar-refractivity contribution in [3.63, 3.8) is 0 Å². The number of aryl methyl sites for hydroxylation is 1. The quantitative estimate of drug-likeness (QED) is 0.840. The molecule has 0 aliphatic rings. The Morgan fingerprint density at radius 3 is 2.71 bits per heavy atom. The van der Waals surface area contributed by atoms with Crippen molar-refractivity contribution in [2.45, 2.75) is 11.8 Å². The topological polar surface area (TPSA) is 85.1 Å². The summed E-state index contributed by atoms with van der Waals surface area (Å²) in [5.41, 5.74) is 5.93. The number of halogens is 1. The zero-order valence-electron chi connectivity index (χ0n) is 11.0. The lowest BCUT2D eigenvalue weighted by molar-refractivity contribution is 0.594. The largest absolute Gasteiger partial charge is 0.389 e. The summed E-state index contributed by atoms with van der Waals surface area (Å²) in [6.07, 6.45) is 1.47. The van der Waals surface area contributed by atoms with Crippen LogP contribution in [0.4, 0.5) is 10.2 Å². The Bertz CT molecular complexity index is 807. The number of nitrogens with two attached hydrogens (primary N) is 1. The van der Waals surface area contributed by atoms with Gasteiger partial charge in [0.05, 0.1) is 5.56 Å². The second kappa shape index (κ2) is 5.74. The van der Waals surface area contributed by atoms with Gasteiger partial charge >= 0.3 is 0 Å². The predicted octanol–water partition coefficient (Wildman–Crippen LogP) is 1.96. The molecule has 0 saturated heterocycles. The number of nitrogens with zero attached hydrogens (tertiary/aromatic N) is 1. The molecule has 0 saturated carbocycles. The fourth-order valence-electron chi connectivity index (χ4n) is 1.75. The minimum atomic E-state index is -4.05. The van der Waals surface area contributed by atoms with Crippen LogP contribution >= 0.6 is 12.2 Å². The Kier molecular flexibility index (Phi) is 4.19. The van der Waals surface area contributed by atoms with Gasteiger partial charge in [-0.25, -0.2) is 17.8 Å². The molecule has 0 fully saturated rings. The molecule has 1 heterocycles. The number of aromatic nitrogens is 1. The third-order valence-electron chi connectivity index (χ3n) is 2.67. The number of hydrogen-bond acceptors (Lipinski definition) is 4.